The number of carbonyl (C=O) groups excluding carboxylic acids is 1. The van der Waals surface area contributed by atoms with E-state index in [-0.39, 0.29) is 25.2 Å². The van der Waals surface area contributed by atoms with E-state index in [1.54, 1.807) is 19.1 Å². The van der Waals surface area contributed by atoms with Crippen LogP contribution in [0.25, 0.3) is 0 Å². The van der Waals surface area contributed by atoms with Gasteiger partial charge in [-0.25, -0.2) is 0 Å². The Morgan fingerprint density at radius 3 is 2.33 bits per heavy atom. The van der Waals surface area contributed by atoms with Crippen molar-refractivity contribution in [3.8, 4) is 5.75 Å². The summed E-state index contributed by atoms with van der Waals surface area (Å²) in [7, 11) is -0.878. The first-order valence-electron chi connectivity index (χ1n) is 6.46. The molecule has 0 fully saturated rings. The molecule has 0 spiro atoms. The number of Topliss-reactive ketones (excluding diaryl/α,β-unsaturated/α-hetero) is 1. The molecule has 0 saturated heterocycles. The second-order valence-electron chi connectivity index (χ2n) is 4.49. The number of hydrogen-bond donors (Lipinski definition) is 1. The zero-order valence-electron chi connectivity index (χ0n) is 12.7. The molecular weight excluding hydrogens is 295 g/mol. The molecule has 6 nitrogen and oxygen atoms in total. The van der Waals surface area contributed by atoms with Crippen LogP contribution in [0.2, 0.25) is 0 Å². The van der Waals surface area contributed by atoms with Gasteiger partial charge in [0.15, 0.2) is 5.78 Å². The zero-order chi connectivity index (χ0) is 16.0. The molecule has 0 aliphatic rings. The molecule has 1 N–H and O–H groups in total. The van der Waals surface area contributed by atoms with Crippen LogP contribution in [0, 0.1) is 13.8 Å². The summed E-state index contributed by atoms with van der Waals surface area (Å²) in [5, 5.41) is 8.77. The minimum absolute atomic E-state index is 0.0793. The smallest absolute Gasteiger partial charge is 0.337 e. The van der Waals surface area contributed by atoms with Crippen molar-refractivity contribution in [1.82, 2.24) is 0 Å². The minimum Gasteiger partial charge on any atom is -0.491 e. The first-order chi connectivity index (χ1) is 9.88. The highest BCUT2D eigenvalue weighted by Gasteiger charge is 2.27. The Morgan fingerprint density at radius 2 is 1.81 bits per heavy atom. The lowest BCUT2D eigenvalue weighted by Crippen LogP contribution is -2.11. The number of rotatable bonds is 8. The monoisotopic (exact) mass is 316 g/mol. The highest BCUT2D eigenvalue weighted by molar-refractivity contribution is 7.54. The fraction of sp³-hybridized carbons (Fsp3) is 0.500. The van der Waals surface area contributed by atoms with E-state index in [4.69, 9.17) is 18.9 Å². The van der Waals surface area contributed by atoms with E-state index in [0.717, 1.165) is 11.1 Å². The second-order valence-corrected chi connectivity index (χ2v) is 6.76. The van der Waals surface area contributed by atoms with Crippen LogP contribution in [0.4, 0.5) is 0 Å². The van der Waals surface area contributed by atoms with Crippen molar-refractivity contribution in [2.75, 3.05) is 33.6 Å². The largest absolute Gasteiger partial charge is 0.491 e. The van der Waals surface area contributed by atoms with Crippen molar-refractivity contribution < 1.29 is 28.3 Å². The Labute approximate surface area is 124 Å². The van der Waals surface area contributed by atoms with Gasteiger partial charge < -0.3 is 18.9 Å². The summed E-state index contributed by atoms with van der Waals surface area (Å²) in [6.45, 7) is 3.73. The van der Waals surface area contributed by atoms with Gasteiger partial charge in [-0.1, -0.05) is 0 Å². The Hall–Kier alpha value is -1.20. The SMILES string of the molecule is COP(=O)(CC(=O)c1ccc(OCCO)c(C)c1C)OC. The Bertz CT molecular complexity index is 547. The van der Waals surface area contributed by atoms with E-state index in [1.807, 2.05) is 6.92 Å². The molecule has 118 valence electrons. The lowest BCUT2D eigenvalue weighted by Gasteiger charge is -2.16. The van der Waals surface area contributed by atoms with Crippen LogP contribution in [-0.4, -0.2) is 44.5 Å². The van der Waals surface area contributed by atoms with Crippen molar-refractivity contribution in [2.45, 2.75) is 13.8 Å². The maximum Gasteiger partial charge on any atom is 0.337 e. The molecule has 0 unspecified atom stereocenters. The quantitative estimate of drug-likeness (QED) is 0.585. The second kappa shape index (κ2) is 7.71. The van der Waals surface area contributed by atoms with Crippen molar-refractivity contribution in [3.63, 3.8) is 0 Å². The maximum absolute atomic E-state index is 12.3. The van der Waals surface area contributed by atoms with Gasteiger partial charge in [-0.3, -0.25) is 9.36 Å². The number of aliphatic hydroxyl groups is 1. The number of ketones is 1. The number of aliphatic hydroxyl groups excluding tert-OH is 1. The third kappa shape index (κ3) is 4.38. The van der Waals surface area contributed by atoms with Gasteiger partial charge in [0.25, 0.3) is 0 Å². The summed E-state index contributed by atoms with van der Waals surface area (Å²) >= 11 is 0. The van der Waals surface area contributed by atoms with Crippen molar-refractivity contribution >= 4 is 13.4 Å². The van der Waals surface area contributed by atoms with E-state index < -0.39 is 7.60 Å². The number of hydrogen-bond acceptors (Lipinski definition) is 6. The van der Waals surface area contributed by atoms with Crippen LogP contribution in [0.15, 0.2) is 12.1 Å². The topological polar surface area (TPSA) is 82.1 Å². The van der Waals surface area contributed by atoms with Gasteiger partial charge in [0, 0.05) is 19.8 Å². The molecule has 0 amide bonds. The Morgan fingerprint density at radius 1 is 1.19 bits per heavy atom. The molecule has 7 heteroatoms. The summed E-state index contributed by atoms with van der Waals surface area (Å²) in [6.07, 6.45) is -0.308. The maximum atomic E-state index is 12.3. The summed E-state index contributed by atoms with van der Waals surface area (Å²) in [5.41, 5.74) is 2.01. The lowest BCUT2D eigenvalue weighted by molar-refractivity contribution is 0.101. The third-order valence-corrected chi connectivity index (χ3v) is 5.07. The number of carbonyl (C=O) groups is 1. The molecule has 1 aromatic rings. The molecule has 1 aromatic carbocycles. The fourth-order valence-corrected chi connectivity index (χ4v) is 2.80. The first-order valence-corrected chi connectivity index (χ1v) is 8.19. The van der Waals surface area contributed by atoms with Gasteiger partial charge in [-0.15, -0.1) is 0 Å². The summed E-state index contributed by atoms with van der Waals surface area (Å²) in [4.78, 5) is 12.3. The molecule has 0 heterocycles. The molecule has 0 saturated carbocycles. The first kappa shape index (κ1) is 17.9. The predicted molar refractivity (Wildman–Crippen MR) is 79.3 cm³/mol. The molecule has 0 radical (unpaired) electrons. The average molecular weight is 316 g/mol. The summed E-state index contributed by atoms with van der Waals surface area (Å²) in [5.74, 6) is 0.302. The average Bonchev–Trinajstić information content (AvgIpc) is 2.48. The molecule has 0 aromatic heterocycles. The molecule has 21 heavy (non-hydrogen) atoms. The van der Waals surface area contributed by atoms with E-state index in [9.17, 15) is 9.36 Å². The molecule has 1 rings (SSSR count). The molecule has 0 bridgehead atoms. The minimum atomic E-state index is -3.38. The summed E-state index contributed by atoms with van der Waals surface area (Å²) < 4.78 is 27.0. The molecule has 0 atom stereocenters. The van der Waals surface area contributed by atoms with E-state index >= 15 is 0 Å². The standard InChI is InChI=1S/C14H21O6P/c1-10-11(2)14(20-8-7-15)6-5-12(10)13(16)9-21(17,18-3)19-4/h5-6,15H,7-9H2,1-4H3. The Kier molecular flexibility index (Phi) is 6.55. The van der Waals surface area contributed by atoms with Crippen molar-refractivity contribution in [2.24, 2.45) is 0 Å². The summed E-state index contributed by atoms with van der Waals surface area (Å²) in [6, 6.07) is 3.28. The van der Waals surface area contributed by atoms with Gasteiger partial charge in [0.2, 0.25) is 0 Å². The van der Waals surface area contributed by atoms with E-state index in [0.29, 0.717) is 11.3 Å². The predicted octanol–water partition coefficient (Wildman–Crippen LogP) is 2.34. The van der Waals surface area contributed by atoms with Crippen LogP contribution < -0.4 is 4.74 Å². The van der Waals surface area contributed by atoms with Crippen molar-refractivity contribution in [3.05, 3.63) is 28.8 Å². The normalized spacial score (nSPS) is 11.5. The zero-order valence-corrected chi connectivity index (χ0v) is 13.6. The van der Waals surface area contributed by atoms with Crippen LogP contribution in [0.5, 0.6) is 5.75 Å². The third-order valence-electron chi connectivity index (χ3n) is 3.28. The van der Waals surface area contributed by atoms with Crippen LogP contribution in [-0.2, 0) is 13.6 Å². The number of benzene rings is 1. The van der Waals surface area contributed by atoms with Crippen LogP contribution >= 0.6 is 7.60 Å². The van der Waals surface area contributed by atoms with E-state index in [2.05, 4.69) is 0 Å². The lowest BCUT2D eigenvalue weighted by atomic mass is 10.00. The molecular formula is C14H21O6P. The number of ether oxygens (including phenoxy) is 1. The highest BCUT2D eigenvalue weighted by atomic mass is 31.2. The van der Waals surface area contributed by atoms with Crippen molar-refractivity contribution in [1.29, 1.82) is 0 Å². The van der Waals surface area contributed by atoms with Gasteiger partial charge in [0.1, 0.15) is 18.5 Å². The molecule has 0 aliphatic carbocycles. The van der Waals surface area contributed by atoms with Gasteiger partial charge in [-0.05, 0) is 37.1 Å². The van der Waals surface area contributed by atoms with Crippen LogP contribution in [0.3, 0.4) is 0 Å². The van der Waals surface area contributed by atoms with Crippen LogP contribution in [0.1, 0.15) is 21.5 Å². The fourth-order valence-electron chi connectivity index (χ4n) is 1.87. The Balaban J connectivity index is 3.01. The van der Waals surface area contributed by atoms with Gasteiger partial charge >= 0.3 is 7.60 Å². The highest BCUT2D eigenvalue weighted by Crippen LogP contribution is 2.46. The van der Waals surface area contributed by atoms with E-state index in [1.165, 1.54) is 14.2 Å². The molecule has 0 aliphatic heterocycles. The van der Waals surface area contributed by atoms with Gasteiger partial charge in [-0.2, -0.15) is 0 Å². The van der Waals surface area contributed by atoms with Gasteiger partial charge in [0.05, 0.1) is 6.61 Å².